The number of piperidine rings is 1. The molecule has 0 aliphatic carbocycles. The van der Waals surface area contributed by atoms with Gasteiger partial charge in [-0.3, -0.25) is 9.52 Å². The van der Waals surface area contributed by atoms with E-state index in [4.69, 9.17) is 0 Å². The highest BCUT2D eigenvalue weighted by Gasteiger charge is 2.18. The number of sulfonamides is 1. The van der Waals surface area contributed by atoms with E-state index in [0.717, 1.165) is 36.1 Å². The Kier molecular flexibility index (Phi) is 7.35. The van der Waals surface area contributed by atoms with E-state index >= 15 is 0 Å². The largest absolute Gasteiger partial charge is 0.355 e. The summed E-state index contributed by atoms with van der Waals surface area (Å²) in [6, 6.07) is 17.0. The molecular weight excluding hydrogens is 462 g/mol. The summed E-state index contributed by atoms with van der Waals surface area (Å²) in [6.45, 7) is 7.86. The van der Waals surface area contributed by atoms with Gasteiger partial charge >= 0.3 is 0 Å². The van der Waals surface area contributed by atoms with Gasteiger partial charge in [0.25, 0.3) is 10.0 Å². The van der Waals surface area contributed by atoms with Crippen molar-refractivity contribution in [2.24, 2.45) is 11.8 Å². The Hall–Kier alpha value is -3.46. The zero-order valence-corrected chi connectivity index (χ0v) is 21.0. The second-order valence-electron chi connectivity index (χ2n) is 9.30. The Labute approximate surface area is 206 Å². The van der Waals surface area contributed by atoms with Crippen LogP contribution in [0, 0.1) is 11.8 Å². The van der Waals surface area contributed by atoms with Gasteiger partial charge < -0.3 is 10.2 Å². The van der Waals surface area contributed by atoms with Gasteiger partial charge in [0.1, 0.15) is 0 Å². The summed E-state index contributed by atoms with van der Waals surface area (Å²) in [7, 11) is -3.77. The van der Waals surface area contributed by atoms with Crippen LogP contribution in [0.5, 0.6) is 0 Å². The molecule has 0 radical (unpaired) electrons. The fraction of sp³-hybridized carbons (Fsp3) is 0.346. The van der Waals surface area contributed by atoms with Crippen molar-refractivity contribution in [2.45, 2.75) is 38.5 Å². The minimum Gasteiger partial charge on any atom is -0.355 e. The number of carbonyl (C=O) groups is 1. The molecule has 184 valence electrons. The van der Waals surface area contributed by atoms with Crippen molar-refractivity contribution in [3.05, 3.63) is 60.7 Å². The molecule has 9 heteroatoms. The van der Waals surface area contributed by atoms with Crippen LogP contribution in [0.25, 0.3) is 11.3 Å². The van der Waals surface area contributed by atoms with Gasteiger partial charge in [-0.2, -0.15) is 0 Å². The summed E-state index contributed by atoms with van der Waals surface area (Å²) in [5.41, 5.74) is 2.57. The smallest absolute Gasteiger partial charge is 0.261 e. The van der Waals surface area contributed by atoms with Crippen molar-refractivity contribution >= 4 is 33.1 Å². The average molecular weight is 494 g/mol. The van der Waals surface area contributed by atoms with Crippen molar-refractivity contribution in [3.63, 3.8) is 0 Å². The lowest BCUT2D eigenvalue weighted by atomic mass is 9.99. The van der Waals surface area contributed by atoms with Gasteiger partial charge in [0.2, 0.25) is 5.91 Å². The summed E-state index contributed by atoms with van der Waals surface area (Å²) in [5.74, 6) is 1.36. The number of anilines is 3. The highest BCUT2D eigenvalue weighted by molar-refractivity contribution is 7.92. The number of nitrogens with one attached hydrogen (secondary N) is 2. The third-order valence-electron chi connectivity index (χ3n) is 6.15. The molecule has 1 aliphatic rings. The number of nitrogens with zero attached hydrogens (tertiary/aromatic N) is 3. The van der Waals surface area contributed by atoms with Crippen molar-refractivity contribution < 1.29 is 13.2 Å². The zero-order valence-electron chi connectivity index (χ0n) is 20.2. The van der Waals surface area contributed by atoms with E-state index in [1.165, 1.54) is 25.0 Å². The van der Waals surface area contributed by atoms with Crippen LogP contribution in [0.15, 0.2) is 65.6 Å². The number of aromatic nitrogens is 2. The number of hydrogen-bond acceptors (Lipinski definition) is 6. The standard InChI is InChI=1S/C26H31N5O3S/c1-18(2)26(32)27-21-8-10-23(11-9-21)35(33,34)30-22-6-4-20(5-7-22)24-12-13-25(29-28-24)31-16-14-19(3)15-17-31/h4-13,18-19,30H,14-17H2,1-3H3,(H,27,32). The van der Waals surface area contributed by atoms with E-state index in [2.05, 4.69) is 32.1 Å². The van der Waals surface area contributed by atoms with Gasteiger partial charge in [-0.05, 0) is 67.3 Å². The van der Waals surface area contributed by atoms with E-state index in [1.54, 1.807) is 38.1 Å². The predicted octanol–water partition coefficient (Wildman–Crippen LogP) is 4.78. The molecule has 1 aromatic heterocycles. The quantitative estimate of drug-likeness (QED) is 0.491. The molecule has 8 nitrogen and oxygen atoms in total. The molecule has 1 fully saturated rings. The number of hydrogen-bond donors (Lipinski definition) is 2. The fourth-order valence-corrected chi connectivity index (χ4v) is 4.87. The van der Waals surface area contributed by atoms with Crippen molar-refractivity contribution in [3.8, 4) is 11.3 Å². The SMILES string of the molecule is CC1CCN(c2ccc(-c3ccc(NS(=O)(=O)c4ccc(NC(=O)C(C)C)cc4)cc3)nn2)CC1. The number of carbonyl (C=O) groups excluding carboxylic acids is 1. The highest BCUT2D eigenvalue weighted by atomic mass is 32.2. The first-order chi connectivity index (χ1) is 16.7. The number of rotatable bonds is 7. The average Bonchev–Trinajstić information content (AvgIpc) is 2.85. The first kappa shape index (κ1) is 24.7. The maximum atomic E-state index is 12.8. The summed E-state index contributed by atoms with van der Waals surface area (Å²) in [5, 5.41) is 11.5. The van der Waals surface area contributed by atoms with Crippen LogP contribution in [0.3, 0.4) is 0 Å². The van der Waals surface area contributed by atoms with Crippen molar-refractivity contribution in [1.82, 2.24) is 10.2 Å². The van der Waals surface area contributed by atoms with Crippen LogP contribution in [-0.4, -0.2) is 37.6 Å². The van der Waals surface area contributed by atoms with Gasteiger partial charge in [0, 0.05) is 35.9 Å². The molecule has 1 saturated heterocycles. The predicted molar refractivity (Wildman–Crippen MR) is 139 cm³/mol. The van der Waals surface area contributed by atoms with Gasteiger partial charge in [0.05, 0.1) is 10.6 Å². The number of benzene rings is 2. The van der Waals surface area contributed by atoms with Gasteiger partial charge in [-0.1, -0.05) is 32.9 Å². The molecule has 2 heterocycles. The van der Waals surface area contributed by atoms with Crippen LogP contribution in [-0.2, 0) is 14.8 Å². The summed E-state index contributed by atoms with van der Waals surface area (Å²) in [4.78, 5) is 14.2. The summed E-state index contributed by atoms with van der Waals surface area (Å²) in [6.07, 6.45) is 2.33. The molecule has 2 aromatic carbocycles. The second-order valence-corrected chi connectivity index (χ2v) is 11.0. The first-order valence-electron chi connectivity index (χ1n) is 11.8. The third-order valence-corrected chi connectivity index (χ3v) is 7.54. The van der Waals surface area contributed by atoms with Crippen molar-refractivity contribution in [2.75, 3.05) is 28.0 Å². The highest BCUT2D eigenvalue weighted by Crippen LogP contribution is 2.25. The van der Waals surface area contributed by atoms with E-state index in [1.807, 2.05) is 24.3 Å². The molecule has 1 amide bonds. The molecule has 1 aliphatic heterocycles. The maximum absolute atomic E-state index is 12.8. The van der Waals surface area contributed by atoms with Crippen LogP contribution in [0.4, 0.5) is 17.2 Å². The van der Waals surface area contributed by atoms with Gasteiger partial charge in [-0.25, -0.2) is 8.42 Å². The van der Waals surface area contributed by atoms with Gasteiger partial charge in [0.15, 0.2) is 5.82 Å². The summed E-state index contributed by atoms with van der Waals surface area (Å²) >= 11 is 0. The lowest BCUT2D eigenvalue weighted by Gasteiger charge is -2.30. The molecule has 4 rings (SSSR count). The Morgan fingerprint density at radius 2 is 1.54 bits per heavy atom. The number of amides is 1. The molecule has 35 heavy (non-hydrogen) atoms. The van der Waals surface area contributed by atoms with Crippen LogP contribution >= 0.6 is 0 Å². The Bertz CT molecular complexity index is 1250. The molecule has 0 bridgehead atoms. The Morgan fingerprint density at radius 3 is 2.11 bits per heavy atom. The fourth-order valence-electron chi connectivity index (χ4n) is 3.81. The molecule has 2 N–H and O–H groups in total. The summed E-state index contributed by atoms with van der Waals surface area (Å²) < 4.78 is 28.2. The lowest BCUT2D eigenvalue weighted by Crippen LogP contribution is -2.33. The van der Waals surface area contributed by atoms with E-state index in [9.17, 15) is 13.2 Å². The van der Waals surface area contributed by atoms with Gasteiger partial charge in [-0.15, -0.1) is 10.2 Å². The lowest BCUT2D eigenvalue weighted by molar-refractivity contribution is -0.118. The second kappa shape index (κ2) is 10.4. The minimum absolute atomic E-state index is 0.109. The monoisotopic (exact) mass is 493 g/mol. The molecule has 3 aromatic rings. The normalized spacial score (nSPS) is 14.7. The topological polar surface area (TPSA) is 104 Å². The molecule has 0 unspecified atom stereocenters. The molecular formula is C26H31N5O3S. The first-order valence-corrected chi connectivity index (χ1v) is 13.3. The molecule has 0 atom stereocenters. The van der Waals surface area contributed by atoms with E-state index in [-0.39, 0.29) is 16.7 Å². The Balaban J connectivity index is 1.40. The van der Waals surface area contributed by atoms with E-state index < -0.39 is 10.0 Å². The third kappa shape index (κ3) is 6.16. The van der Waals surface area contributed by atoms with Crippen molar-refractivity contribution in [1.29, 1.82) is 0 Å². The molecule has 0 spiro atoms. The van der Waals surface area contributed by atoms with Crippen LogP contribution in [0.1, 0.15) is 33.6 Å². The Morgan fingerprint density at radius 1 is 0.914 bits per heavy atom. The molecule has 0 saturated carbocycles. The van der Waals surface area contributed by atoms with E-state index in [0.29, 0.717) is 11.4 Å². The van der Waals surface area contributed by atoms with Crippen LogP contribution < -0.4 is 14.9 Å². The minimum atomic E-state index is -3.77. The van der Waals surface area contributed by atoms with Crippen LogP contribution in [0.2, 0.25) is 0 Å². The zero-order chi connectivity index (χ0) is 25.0. The maximum Gasteiger partial charge on any atom is 0.261 e.